The Labute approximate surface area is 177 Å². The topological polar surface area (TPSA) is 49.4 Å². The van der Waals surface area contributed by atoms with Gasteiger partial charge in [0.1, 0.15) is 0 Å². The molecule has 2 amide bonds. The number of hydrogen-bond acceptors (Lipinski definition) is 3. The van der Waals surface area contributed by atoms with Gasteiger partial charge in [-0.05, 0) is 42.0 Å². The fourth-order valence-corrected chi connectivity index (χ4v) is 5.24. The van der Waals surface area contributed by atoms with Crippen LogP contribution in [0.5, 0.6) is 0 Å². The van der Waals surface area contributed by atoms with Crippen molar-refractivity contribution < 1.29 is 9.59 Å². The van der Waals surface area contributed by atoms with Crippen LogP contribution in [0.25, 0.3) is 0 Å². The molecule has 4 rings (SSSR count). The number of hydrogen-bond donors (Lipinski definition) is 1. The Balaban J connectivity index is 1.56. The summed E-state index contributed by atoms with van der Waals surface area (Å²) in [5, 5.41) is 3.25. The molecule has 1 aliphatic carbocycles. The van der Waals surface area contributed by atoms with E-state index < -0.39 is 0 Å². The monoisotopic (exact) mass is 408 g/mol. The third-order valence-electron chi connectivity index (χ3n) is 6.37. The first-order valence-corrected chi connectivity index (χ1v) is 11.4. The predicted molar refractivity (Wildman–Crippen MR) is 118 cm³/mol. The van der Waals surface area contributed by atoms with Gasteiger partial charge in [-0.15, -0.1) is 11.8 Å². The number of anilines is 1. The van der Waals surface area contributed by atoms with E-state index in [1.165, 1.54) is 6.42 Å². The number of nitrogens with one attached hydrogen (secondary N) is 1. The summed E-state index contributed by atoms with van der Waals surface area (Å²) in [6.07, 6.45) is 3.44. The smallest absolute Gasteiger partial charge is 0.251 e. The van der Waals surface area contributed by atoms with Crippen molar-refractivity contribution in [2.45, 2.75) is 50.6 Å². The lowest BCUT2D eigenvalue weighted by atomic mass is 9.78. The third-order valence-corrected chi connectivity index (χ3v) is 7.42. The van der Waals surface area contributed by atoms with Crippen LogP contribution in [0.3, 0.4) is 0 Å². The van der Waals surface area contributed by atoms with Crippen molar-refractivity contribution >= 4 is 29.3 Å². The second kappa shape index (κ2) is 8.62. The van der Waals surface area contributed by atoms with Gasteiger partial charge in [0, 0.05) is 16.5 Å². The second-order valence-electron chi connectivity index (χ2n) is 8.28. The van der Waals surface area contributed by atoms with Gasteiger partial charge in [-0.25, -0.2) is 0 Å². The molecule has 0 unspecified atom stereocenters. The van der Waals surface area contributed by atoms with E-state index in [0.717, 1.165) is 29.0 Å². The Kier molecular flexibility index (Phi) is 5.95. The largest absolute Gasteiger partial charge is 0.349 e. The van der Waals surface area contributed by atoms with Gasteiger partial charge in [-0.2, -0.15) is 0 Å². The van der Waals surface area contributed by atoms with Gasteiger partial charge in [0.05, 0.1) is 18.0 Å². The molecule has 0 saturated heterocycles. The van der Waals surface area contributed by atoms with E-state index in [2.05, 4.69) is 19.2 Å². The Morgan fingerprint density at radius 1 is 1.14 bits per heavy atom. The van der Waals surface area contributed by atoms with E-state index in [-0.39, 0.29) is 17.9 Å². The highest BCUT2D eigenvalue weighted by Gasteiger charge is 2.30. The molecule has 0 bridgehead atoms. The maximum Gasteiger partial charge on any atom is 0.251 e. The zero-order valence-electron chi connectivity index (χ0n) is 17.1. The molecule has 1 heterocycles. The summed E-state index contributed by atoms with van der Waals surface area (Å²) in [4.78, 5) is 28.5. The minimum atomic E-state index is -0.0403. The maximum atomic E-state index is 13.0. The normalized spacial score (nSPS) is 24.1. The average Bonchev–Trinajstić information content (AvgIpc) is 2.74. The number of amides is 2. The SMILES string of the molecule is C[C@H]1[C@H](C)CCC[C@H]1NC(=O)c1ccc2c(c1)N(Cc1ccccc1)C(=O)CS2. The van der Waals surface area contributed by atoms with Crippen LogP contribution in [0, 0.1) is 11.8 Å². The summed E-state index contributed by atoms with van der Waals surface area (Å²) in [7, 11) is 0. The molecule has 2 aliphatic rings. The van der Waals surface area contributed by atoms with Crippen molar-refractivity contribution in [1.82, 2.24) is 5.32 Å². The molecule has 2 aromatic rings. The molecular weight excluding hydrogens is 380 g/mol. The number of nitrogens with zero attached hydrogens (tertiary/aromatic N) is 1. The molecule has 0 spiro atoms. The number of carbonyl (C=O) groups excluding carboxylic acids is 2. The molecule has 4 nitrogen and oxygen atoms in total. The average molecular weight is 409 g/mol. The van der Waals surface area contributed by atoms with E-state index in [1.54, 1.807) is 11.8 Å². The van der Waals surface area contributed by atoms with E-state index in [0.29, 0.717) is 29.7 Å². The maximum absolute atomic E-state index is 13.0. The van der Waals surface area contributed by atoms with Gasteiger partial charge in [0.2, 0.25) is 5.91 Å². The zero-order chi connectivity index (χ0) is 20.4. The highest BCUT2D eigenvalue weighted by Crippen LogP contribution is 2.37. The highest BCUT2D eigenvalue weighted by atomic mass is 32.2. The minimum absolute atomic E-state index is 0.0403. The van der Waals surface area contributed by atoms with Crippen molar-refractivity contribution in [3.05, 3.63) is 59.7 Å². The van der Waals surface area contributed by atoms with Crippen LogP contribution in [0.4, 0.5) is 5.69 Å². The fraction of sp³-hybridized carbons (Fsp3) is 0.417. The van der Waals surface area contributed by atoms with Crippen molar-refractivity contribution in [3.8, 4) is 0 Å². The first kappa shape index (κ1) is 20.0. The molecule has 2 aromatic carbocycles. The molecule has 1 aliphatic heterocycles. The van der Waals surface area contributed by atoms with Crippen LogP contribution in [0.15, 0.2) is 53.4 Å². The van der Waals surface area contributed by atoms with Gasteiger partial charge < -0.3 is 10.2 Å². The van der Waals surface area contributed by atoms with Crippen molar-refractivity contribution in [2.75, 3.05) is 10.7 Å². The van der Waals surface area contributed by atoms with Gasteiger partial charge in [0.25, 0.3) is 5.91 Å². The molecule has 1 saturated carbocycles. The van der Waals surface area contributed by atoms with Crippen molar-refractivity contribution in [2.24, 2.45) is 11.8 Å². The number of rotatable bonds is 4. The summed E-state index contributed by atoms with van der Waals surface area (Å²) >= 11 is 1.54. The van der Waals surface area contributed by atoms with Crippen LogP contribution >= 0.6 is 11.8 Å². The number of fused-ring (bicyclic) bond motifs is 1. The number of benzene rings is 2. The molecule has 3 atom stereocenters. The van der Waals surface area contributed by atoms with Crippen LogP contribution in [0.2, 0.25) is 0 Å². The number of carbonyl (C=O) groups is 2. The first-order valence-electron chi connectivity index (χ1n) is 10.4. The van der Waals surface area contributed by atoms with Gasteiger partial charge in [-0.3, -0.25) is 9.59 Å². The fourth-order valence-electron chi connectivity index (χ4n) is 4.32. The van der Waals surface area contributed by atoms with Crippen LogP contribution < -0.4 is 10.2 Å². The lowest BCUT2D eigenvalue weighted by Crippen LogP contribution is -2.43. The van der Waals surface area contributed by atoms with Crippen LogP contribution in [0.1, 0.15) is 49.0 Å². The molecule has 0 aromatic heterocycles. The van der Waals surface area contributed by atoms with E-state index in [4.69, 9.17) is 0 Å². The minimum Gasteiger partial charge on any atom is -0.349 e. The van der Waals surface area contributed by atoms with Gasteiger partial charge >= 0.3 is 0 Å². The first-order chi connectivity index (χ1) is 14.0. The Morgan fingerprint density at radius 2 is 1.93 bits per heavy atom. The van der Waals surface area contributed by atoms with Crippen molar-refractivity contribution in [3.63, 3.8) is 0 Å². The molecule has 1 N–H and O–H groups in total. The third kappa shape index (κ3) is 4.35. The lowest BCUT2D eigenvalue weighted by molar-refractivity contribution is -0.116. The van der Waals surface area contributed by atoms with Gasteiger partial charge in [-0.1, -0.05) is 57.0 Å². The Bertz CT molecular complexity index is 899. The molecule has 29 heavy (non-hydrogen) atoms. The lowest BCUT2D eigenvalue weighted by Gasteiger charge is -2.34. The predicted octanol–water partition coefficient (Wildman–Crippen LogP) is 4.88. The zero-order valence-corrected chi connectivity index (χ0v) is 17.9. The Morgan fingerprint density at radius 3 is 2.72 bits per heavy atom. The van der Waals surface area contributed by atoms with E-state index in [9.17, 15) is 9.59 Å². The van der Waals surface area contributed by atoms with Crippen LogP contribution in [-0.4, -0.2) is 23.6 Å². The van der Waals surface area contributed by atoms with E-state index in [1.807, 2.05) is 53.4 Å². The molecule has 1 fully saturated rings. The highest BCUT2D eigenvalue weighted by molar-refractivity contribution is 8.00. The summed E-state index contributed by atoms with van der Waals surface area (Å²) in [5.41, 5.74) is 2.55. The summed E-state index contributed by atoms with van der Waals surface area (Å²) in [5.74, 6) is 1.59. The molecule has 5 heteroatoms. The van der Waals surface area contributed by atoms with E-state index >= 15 is 0 Å². The standard InChI is InChI=1S/C24H28N2O2S/c1-16-7-6-10-20(17(16)2)25-24(28)19-11-12-22-21(13-19)26(23(27)15-29-22)14-18-8-4-3-5-9-18/h3-5,8-9,11-13,16-17,20H,6-7,10,14-15H2,1-2H3,(H,25,28)/t16-,17+,20-/m1/s1. The second-order valence-corrected chi connectivity index (χ2v) is 9.30. The van der Waals surface area contributed by atoms with Gasteiger partial charge in [0.15, 0.2) is 0 Å². The molecular formula is C24H28N2O2S. The summed E-state index contributed by atoms with van der Waals surface area (Å²) < 4.78 is 0. The Hall–Kier alpha value is -2.27. The van der Waals surface area contributed by atoms with Crippen molar-refractivity contribution in [1.29, 1.82) is 0 Å². The summed E-state index contributed by atoms with van der Waals surface area (Å²) in [6, 6.07) is 16.0. The quantitative estimate of drug-likeness (QED) is 0.784. The molecule has 152 valence electrons. The molecule has 0 radical (unpaired) electrons. The summed E-state index contributed by atoms with van der Waals surface area (Å²) in [6.45, 7) is 5.03. The van der Waals surface area contributed by atoms with Crippen LogP contribution in [-0.2, 0) is 11.3 Å². The number of thioether (sulfide) groups is 1.